The van der Waals surface area contributed by atoms with E-state index in [1.165, 1.54) is 12.1 Å². The number of hydrogen-bond donors (Lipinski definition) is 3. The van der Waals surface area contributed by atoms with Crippen LogP contribution in [0.4, 0.5) is 8.78 Å². The van der Waals surface area contributed by atoms with Gasteiger partial charge in [-0.1, -0.05) is 38.1 Å². The predicted octanol–water partition coefficient (Wildman–Crippen LogP) is 1.72. The van der Waals surface area contributed by atoms with Crippen LogP contribution >= 0.6 is 0 Å². The second-order valence-corrected chi connectivity index (χ2v) is 6.77. The Kier molecular flexibility index (Phi) is 8.18. The summed E-state index contributed by atoms with van der Waals surface area (Å²) in [6.45, 7) is 2.40. The van der Waals surface area contributed by atoms with Gasteiger partial charge in [-0.05, 0) is 30.2 Å². The Hall–Kier alpha value is -3.82. The van der Waals surface area contributed by atoms with Crippen LogP contribution in [-0.2, 0) is 14.3 Å². The van der Waals surface area contributed by atoms with E-state index in [0.29, 0.717) is 5.56 Å². The van der Waals surface area contributed by atoms with Crippen LogP contribution in [0.25, 0.3) is 0 Å². The molecule has 0 unspecified atom stereocenters. The zero-order chi connectivity index (χ0) is 23.0. The Morgan fingerprint density at radius 2 is 1.48 bits per heavy atom. The summed E-state index contributed by atoms with van der Waals surface area (Å²) in [6, 6.07) is 9.75. The highest BCUT2D eigenvalue weighted by atomic mass is 19.1. The van der Waals surface area contributed by atoms with Crippen molar-refractivity contribution >= 4 is 23.7 Å². The van der Waals surface area contributed by atoms with Crippen molar-refractivity contribution in [1.82, 2.24) is 16.2 Å². The van der Waals surface area contributed by atoms with E-state index in [-0.39, 0.29) is 0 Å². The molecule has 0 fully saturated rings. The van der Waals surface area contributed by atoms with E-state index >= 15 is 0 Å². The van der Waals surface area contributed by atoms with E-state index in [4.69, 9.17) is 4.74 Å². The van der Waals surface area contributed by atoms with Gasteiger partial charge in [0.15, 0.2) is 6.61 Å². The molecule has 0 aliphatic carbocycles. The highest BCUT2D eigenvalue weighted by molar-refractivity contribution is 5.98. The molecule has 3 amide bonds. The van der Waals surface area contributed by atoms with Gasteiger partial charge in [-0.3, -0.25) is 25.2 Å². The molecule has 2 rings (SSSR count). The van der Waals surface area contributed by atoms with Gasteiger partial charge in [-0.25, -0.2) is 13.6 Å². The first kappa shape index (κ1) is 23.5. The first-order chi connectivity index (χ1) is 14.7. The van der Waals surface area contributed by atoms with Crippen LogP contribution in [0.1, 0.15) is 34.6 Å². The van der Waals surface area contributed by atoms with Gasteiger partial charge < -0.3 is 10.1 Å². The van der Waals surface area contributed by atoms with Gasteiger partial charge >= 0.3 is 5.97 Å². The van der Waals surface area contributed by atoms with E-state index in [1.54, 1.807) is 32.0 Å². The van der Waals surface area contributed by atoms with Gasteiger partial charge in [-0.2, -0.15) is 0 Å². The molecule has 2 aromatic carbocycles. The minimum absolute atomic E-state index is 0.308. The maximum absolute atomic E-state index is 13.8. The molecule has 10 heteroatoms. The number of carbonyl (C=O) groups excluding carboxylic acids is 4. The van der Waals surface area contributed by atoms with Crippen molar-refractivity contribution in [1.29, 1.82) is 0 Å². The molecule has 0 bridgehead atoms. The second kappa shape index (κ2) is 10.8. The molecule has 0 aromatic heterocycles. The topological polar surface area (TPSA) is 114 Å². The maximum atomic E-state index is 13.8. The zero-order valence-corrected chi connectivity index (χ0v) is 16.8. The molecule has 0 aliphatic rings. The van der Waals surface area contributed by atoms with Gasteiger partial charge in [0.2, 0.25) is 0 Å². The molecule has 164 valence electrons. The Morgan fingerprint density at radius 3 is 2.06 bits per heavy atom. The largest absolute Gasteiger partial charge is 0.454 e. The van der Waals surface area contributed by atoms with Crippen molar-refractivity contribution in [3.05, 3.63) is 71.3 Å². The first-order valence-electron chi connectivity index (χ1n) is 9.26. The number of amides is 3. The Balaban J connectivity index is 1.90. The summed E-state index contributed by atoms with van der Waals surface area (Å²) in [5.41, 5.74) is 3.72. The normalized spacial score (nSPS) is 11.4. The fraction of sp³-hybridized carbons (Fsp3) is 0.238. The number of hydrazine groups is 1. The van der Waals surface area contributed by atoms with Crippen molar-refractivity contribution < 1.29 is 32.7 Å². The lowest BCUT2D eigenvalue weighted by Gasteiger charge is -2.21. The van der Waals surface area contributed by atoms with E-state index in [9.17, 15) is 28.0 Å². The molecule has 0 radical (unpaired) electrons. The van der Waals surface area contributed by atoms with Crippen LogP contribution in [0.2, 0.25) is 0 Å². The number of carbonyl (C=O) groups is 4. The molecule has 0 saturated carbocycles. The molecular weight excluding hydrogens is 412 g/mol. The third kappa shape index (κ3) is 6.59. The molecule has 31 heavy (non-hydrogen) atoms. The number of esters is 1. The van der Waals surface area contributed by atoms with Crippen LogP contribution in [0.15, 0.2) is 48.5 Å². The molecule has 0 saturated heterocycles. The highest BCUT2D eigenvalue weighted by Crippen LogP contribution is 2.13. The minimum atomic E-state index is -1.27. The summed E-state index contributed by atoms with van der Waals surface area (Å²) in [4.78, 5) is 48.2. The Morgan fingerprint density at radius 1 is 0.871 bits per heavy atom. The Bertz CT molecular complexity index is 946. The van der Waals surface area contributed by atoms with Gasteiger partial charge in [0.1, 0.15) is 23.2 Å². The SMILES string of the molecule is CC(C)[C@H](NC(=O)c1c(F)cccc1F)C(=O)OCC(=O)NNC(=O)c1ccccc1. The van der Waals surface area contributed by atoms with Crippen LogP contribution in [-0.4, -0.2) is 36.3 Å². The number of hydrogen-bond acceptors (Lipinski definition) is 5. The summed E-state index contributed by atoms with van der Waals surface area (Å²) < 4.78 is 32.4. The van der Waals surface area contributed by atoms with Gasteiger partial charge in [0.25, 0.3) is 17.7 Å². The van der Waals surface area contributed by atoms with E-state index < -0.39 is 59.5 Å². The smallest absolute Gasteiger partial charge is 0.329 e. The van der Waals surface area contributed by atoms with Crippen molar-refractivity contribution in [3.8, 4) is 0 Å². The second-order valence-electron chi connectivity index (χ2n) is 6.77. The molecule has 3 N–H and O–H groups in total. The van der Waals surface area contributed by atoms with E-state index in [1.807, 2.05) is 0 Å². The highest BCUT2D eigenvalue weighted by Gasteiger charge is 2.29. The zero-order valence-electron chi connectivity index (χ0n) is 16.8. The number of ether oxygens (including phenoxy) is 1. The predicted molar refractivity (Wildman–Crippen MR) is 105 cm³/mol. The average molecular weight is 433 g/mol. The van der Waals surface area contributed by atoms with E-state index in [0.717, 1.165) is 18.2 Å². The van der Waals surface area contributed by atoms with Gasteiger partial charge in [-0.15, -0.1) is 0 Å². The Labute approximate surface area is 176 Å². The summed E-state index contributed by atoms with van der Waals surface area (Å²) in [5.74, 6) is -6.18. The fourth-order valence-corrected chi connectivity index (χ4v) is 2.48. The molecule has 1 atom stereocenters. The minimum Gasteiger partial charge on any atom is -0.454 e. The van der Waals surface area contributed by atoms with Crippen LogP contribution < -0.4 is 16.2 Å². The fourth-order valence-electron chi connectivity index (χ4n) is 2.48. The summed E-state index contributed by atoms with van der Waals surface area (Å²) in [5, 5.41) is 2.21. The first-order valence-corrected chi connectivity index (χ1v) is 9.26. The summed E-state index contributed by atoms with van der Waals surface area (Å²) in [6.07, 6.45) is 0. The third-order valence-corrected chi connectivity index (χ3v) is 4.09. The van der Waals surface area contributed by atoms with Gasteiger partial charge in [0.05, 0.1) is 0 Å². The van der Waals surface area contributed by atoms with E-state index in [2.05, 4.69) is 16.2 Å². The summed E-state index contributed by atoms with van der Waals surface area (Å²) in [7, 11) is 0. The maximum Gasteiger partial charge on any atom is 0.329 e. The summed E-state index contributed by atoms with van der Waals surface area (Å²) >= 11 is 0. The van der Waals surface area contributed by atoms with Crippen molar-refractivity contribution in [2.45, 2.75) is 19.9 Å². The average Bonchev–Trinajstić information content (AvgIpc) is 2.74. The van der Waals surface area contributed by atoms with Crippen LogP contribution in [0.5, 0.6) is 0 Å². The quantitative estimate of drug-likeness (QED) is 0.455. The molecule has 0 spiro atoms. The van der Waals surface area contributed by atoms with Crippen molar-refractivity contribution in [2.75, 3.05) is 6.61 Å². The lowest BCUT2D eigenvalue weighted by Crippen LogP contribution is -2.48. The third-order valence-electron chi connectivity index (χ3n) is 4.09. The number of rotatable bonds is 7. The number of benzene rings is 2. The van der Waals surface area contributed by atoms with Gasteiger partial charge in [0, 0.05) is 5.56 Å². The number of halogens is 2. The lowest BCUT2D eigenvalue weighted by molar-refractivity contribution is -0.151. The number of nitrogens with one attached hydrogen (secondary N) is 3. The molecule has 2 aromatic rings. The lowest BCUT2D eigenvalue weighted by atomic mass is 10.0. The van der Waals surface area contributed by atoms with Crippen LogP contribution in [0.3, 0.4) is 0 Å². The monoisotopic (exact) mass is 433 g/mol. The standard InChI is InChI=1S/C21H21F2N3O5/c1-12(2)18(24-20(29)17-14(22)9-6-10-15(17)23)21(30)31-11-16(27)25-26-19(28)13-7-4-3-5-8-13/h3-10,12,18H,11H2,1-2H3,(H,24,29)(H,25,27)(H,26,28)/t18-/m0/s1. The molecule has 0 aliphatic heterocycles. The molecule has 0 heterocycles. The van der Waals surface area contributed by atoms with Crippen molar-refractivity contribution in [2.24, 2.45) is 5.92 Å². The molecule has 8 nitrogen and oxygen atoms in total. The van der Waals surface area contributed by atoms with Crippen molar-refractivity contribution in [3.63, 3.8) is 0 Å². The van der Waals surface area contributed by atoms with Crippen LogP contribution in [0, 0.1) is 17.6 Å². The molecular formula is C21H21F2N3O5.